The van der Waals surface area contributed by atoms with E-state index < -0.39 is 64.9 Å². The minimum Gasteiger partial charge on any atom is -0.349 e. The average Bonchev–Trinajstić information content (AvgIpc) is 3.15. The van der Waals surface area contributed by atoms with Gasteiger partial charge in [-0.3, -0.25) is 19.9 Å². The Morgan fingerprint density at radius 3 is 2.21 bits per heavy atom. The van der Waals surface area contributed by atoms with Gasteiger partial charge in [0.15, 0.2) is 5.54 Å². The number of carbonyl (C=O) groups is 3. The van der Waals surface area contributed by atoms with E-state index in [9.17, 15) is 45.1 Å². The number of nitrogens with one attached hydrogen (secondary N) is 3. The molecule has 1 saturated heterocycles. The molecule has 0 spiro atoms. The number of benzene rings is 2. The van der Waals surface area contributed by atoms with E-state index in [2.05, 4.69) is 15.6 Å². The second-order valence-corrected chi connectivity index (χ2v) is 8.16. The smallest absolute Gasteiger partial charge is 0.349 e. The third kappa shape index (κ3) is 5.01. The molecule has 4 amide bonds. The second kappa shape index (κ2) is 9.43. The fourth-order valence-electron chi connectivity index (χ4n) is 3.94. The van der Waals surface area contributed by atoms with E-state index in [4.69, 9.17) is 0 Å². The van der Waals surface area contributed by atoms with Crippen LogP contribution in [0.1, 0.15) is 27.2 Å². The Morgan fingerprint density at radius 2 is 1.63 bits per heavy atom. The SMILES string of the molecule is O=C1NC(=O)C(CNC(=O)c2ccc(F)cc2-c2ccc(C(F)(F)F)cc2)(c2ncccc2C(F)(F)F)N1. The summed E-state index contributed by atoms with van der Waals surface area (Å²) in [6.45, 7) is -0.896. The van der Waals surface area contributed by atoms with Crippen LogP contribution < -0.4 is 16.0 Å². The normalized spacial score (nSPS) is 17.7. The summed E-state index contributed by atoms with van der Waals surface area (Å²) in [5, 5.41) is 6.16. The Kier molecular flexibility index (Phi) is 6.59. The van der Waals surface area contributed by atoms with Crippen LogP contribution in [0, 0.1) is 5.82 Å². The van der Waals surface area contributed by atoms with Crippen LogP contribution in [0.5, 0.6) is 0 Å². The second-order valence-electron chi connectivity index (χ2n) is 8.16. The van der Waals surface area contributed by atoms with Crippen LogP contribution in [0.3, 0.4) is 0 Å². The van der Waals surface area contributed by atoms with Crippen molar-refractivity contribution in [1.82, 2.24) is 20.9 Å². The zero-order valence-corrected chi connectivity index (χ0v) is 18.8. The molecule has 38 heavy (non-hydrogen) atoms. The van der Waals surface area contributed by atoms with Crippen LogP contribution in [0.2, 0.25) is 0 Å². The Morgan fingerprint density at radius 1 is 0.947 bits per heavy atom. The van der Waals surface area contributed by atoms with E-state index >= 15 is 0 Å². The maximum atomic E-state index is 14.0. The van der Waals surface area contributed by atoms with Crippen molar-refractivity contribution in [2.75, 3.05) is 6.54 Å². The van der Waals surface area contributed by atoms with Crippen LogP contribution in [-0.2, 0) is 22.7 Å². The molecule has 3 N–H and O–H groups in total. The molecule has 0 radical (unpaired) electrons. The number of halogens is 7. The van der Waals surface area contributed by atoms with Gasteiger partial charge < -0.3 is 10.6 Å². The van der Waals surface area contributed by atoms with Crippen molar-refractivity contribution >= 4 is 17.8 Å². The lowest BCUT2D eigenvalue weighted by Crippen LogP contribution is -2.54. The Bertz CT molecular complexity index is 1420. The first-order valence-corrected chi connectivity index (χ1v) is 10.6. The van der Waals surface area contributed by atoms with Gasteiger partial charge in [-0.05, 0) is 53.6 Å². The van der Waals surface area contributed by atoms with E-state index in [1.807, 2.05) is 5.32 Å². The molecule has 2 heterocycles. The van der Waals surface area contributed by atoms with E-state index in [0.717, 1.165) is 54.7 Å². The number of urea groups is 1. The molecule has 1 aromatic heterocycles. The molecule has 1 aliphatic heterocycles. The number of alkyl halides is 6. The summed E-state index contributed by atoms with van der Waals surface area (Å²) in [7, 11) is 0. The number of nitrogens with zero attached hydrogens (tertiary/aromatic N) is 1. The number of amides is 4. The summed E-state index contributed by atoms with van der Waals surface area (Å²) in [5.74, 6) is -3.05. The van der Waals surface area contributed by atoms with Gasteiger partial charge in [0.05, 0.1) is 23.4 Å². The van der Waals surface area contributed by atoms with E-state index in [-0.39, 0.29) is 16.7 Å². The van der Waals surface area contributed by atoms with Gasteiger partial charge in [0.1, 0.15) is 5.82 Å². The zero-order valence-electron chi connectivity index (χ0n) is 18.8. The van der Waals surface area contributed by atoms with Gasteiger partial charge in [0.25, 0.3) is 11.8 Å². The van der Waals surface area contributed by atoms with Gasteiger partial charge in [-0.25, -0.2) is 9.18 Å². The molecule has 1 fully saturated rings. The van der Waals surface area contributed by atoms with Gasteiger partial charge in [-0.15, -0.1) is 0 Å². The minimum atomic E-state index is -4.97. The lowest BCUT2D eigenvalue weighted by Gasteiger charge is -2.28. The van der Waals surface area contributed by atoms with Gasteiger partial charge in [0.2, 0.25) is 0 Å². The summed E-state index contributed by atoms with van der Waals surface area (Å²) < 4.78 is 93.7. The quantitative estimate of drug-likeness (QED) is 0.330. The Hall–Kier alpha value is -4.49. The van der Waals surface area contributed by atoms with Crippen molar-refractivity contribution in [2.24, 2.45) is 0 Å². The van der Waals surface area contributed by atoms with Crippen molar-refractivity contribution in [3.8, 4) is 11.1 Å². The van der Waals surface area contributed by atoms with Crippen molar-refractivity contribution in [3.05, 3.63) is 89.0 Å². The number of carbonyl (C=O) groups excluding carboxylic acids is 3. The van der Waals surface area contributed by atoms with Crippen LogP contribution in [0.15, 0.2) is 60.8 Å². The summed E-state index contributed by atoms with van der Waals surface area (Å²) in [5.41, 5.74) is -6.00. The maximum absolute atomic E-state index is 14.0. The van der Waals surface area contributed by atoms with Gasteiger partial charge >= 0.3 is 18.4 Å². The molecule has 1 unspecified atom stereocenters. The summed E-state index contributed by atoms with van der Waals surface area (Å²) in [6, 6.07) is 6.78. The molecule has 4 rings (SSSR count). The van der Waals surface area contributed by atoms with Gasteiger partial charge in [-0.1, -0.05) is 12.1 Å². The molecule has 0 saturated carbocycles. The van der Waals surface area contributed by atoms with Crippen molar-refractivity contribution in [1.29, 1.82) is 0 Å². The molecule has 198 valence electrons. The highest BCUT2D eigenvalue weighted by Gasteiger charge is 2.53. The van der Waals surface area contributed by atoms with Crippen molar-refractivity contribution in [3.63, 3.8) is 0 Å². The largest absolute Gasteiger partial charge is 0.418 e. The lowest BCUT2D eigenvalue weighted by atomic mass is 9.90. The highest BCUT2D eigenvalue weighted by atomic mass is 19.4. The highest BCUT2D eigenvalue weighted by molar-refractivity contribution is 6.08. The predicted molar refractivity (Wildman–Crippen MR) is 117 cm³/mol. The molecule has 0 bridgehead atoms. The average molecular weight is 540 g/mol. The Labute approximate surface area is 209 Å². The molecule has 0 aliphatic carbocycles. The first-order chi connectivity index (χ1) is 17.7. The van der Waals surface area contributed by atoms with Gasteiger partial charge in [-0.2, -0.15) is 26.3 Å². The molecule has 14 heteroatoms. The third-order valence-corrected chi connectivity index (χ3v) is 5.72. The predicted octanol–water partition coefficient (Wildman–Crippen LogP) is 4.39. The topological polar surface area (TPSA) is 100 Å². The molecule has 3 aromatic rings. The van der Waals surface area contributed by atoms with E-state index in [0.29, 0.717) is 6.07 Å². The molecule has 7 nitrogen and oxygen atoms in total. The fourth-order valence-corrected chi connectivity index (χ4v) is 3.94. The molecule has 1 atom stereocenters. The molecule has 1 aliphatic rings. The highest BCUT2D eigenvalue weighted by Crippen LogP contribution is 2.37. The maximum Gasteiger partial charge on any atom is 0.418 e. The molecular weight excluding hydrogens is 525 g/mol. The van der Waals surface area contributed by atoms with Crippen LogP contribution >= 0.6 is 0 Å². The number of hydrogen-bond acceptors (Lipinski definition) is 4. The summed E-state index contributed by atoms with van der Waals surface area (Å²) >= 11 is 0. The Balaban J connectivity index is 1.70. The van der Waals surface area contributed by atoms with Crippen molar-refractivity contribution < 1.29 is 45.1 Å². The monoisotopic (exact) mass is 540 g/mol. The molecular formula is C24H15F7N4O3. The number of pyridine rings is 1. The van der Waals surface area contributed by atoms with Crippen molar-refractivity contribution in [2.45, 2.75) is 17.9 Å². The zero-order chi connectivity index (χ0) is 27.9. The van der Waals surface area contributed by atoms with Crippen LogP contribution in [0.4, 0.5) is 35.5 Å². The van der Waals surface area contributed by atoms with E-state index in [1.165, 1.54) is 0 Å². The molecule has 2 aromatic carbocycles. The number of imide groups is 1. The number of rotatable bonds is 5. The number of hydrogen-bond donors (Lipinski definition) is 3. The van der Waals surface area contributed by atoms with E-state index in [1.54, 1.807) is 0 Å². The first kappa shape index (κ1) is 26.6. The first-order valence-electron chi connectivity index (χ1n) is 10.6. The van der Waals surface area contributed by atoms with Crippen LogP contribution in [-0.4, -0.2) is 29.4 Å². The van der Waals surface area contributed by atoms with Crippen LogP contribution in [0.25, 0.3) is 11.1 Å². The third-order valence-electron chi connectivity index (χ3n) is 5.72. The number of aromatic nitrogens is 1. The minimum absolute atomic E-state index is 0.0355. The lowest BCUT2D eigenvalue weighted by molar-refractivity contribution is -0.140. The standard InChI is InChI=1S/C24H15F7N4O3/c25-14-7-8-15(16(10-14)12-3-5-13(6-4-12)23(26,27)28)19(36)33-11-22(20(37)34-21(38)35-22)18-17(24(29,30)31)2-1-9-32-18/h1-10H,11H2,(H,33,36)(H2,34,35,37,38). The summed E-state index contributed by atoms with van der Waals surface area (Å²) in [6.07, 6.45) is -8.64. The summed E-state index contributed by atoms with van der Waals surface area (Å²) in [4.78, 5) is 41.3. The fraction of sp³-hybridized carbons (Fsp3) is 0.167. The van der Waals surface area contributed by atoms with Gasteiger partial charge in [0, 0.05) is 11.8 Å².